The van der Waals surface area contributed by atoms with Crippen molar-refractivity contribution in [1.82, 2.24) is 9.97 Å². The highest BCUT2D eigenvalue weighted by atomic mass is 32.2. The Hall–Kier alpha value is -1.60. The second kappa shape index (κ2) is 4.95. The Labute approximate surface area is 105 Å². The summed E-state index contributed by atoms with van der Waals surface area (Å²) in [6, 6.07) is 3.15. The van der Waals surface area contributed by atoms with Crippen LogP contribution in [0.4, 0.5) is 0 Å². The van der Waals surface area contributed by atoms with E-state index in [0.29, 0.717) is 18.0 Å². The number of nitrogens with zero attached hydrogens (tertiary/aromatic N) is 1. The average molecular weight is 269 g/mol. The molecule has 1 atom stereocenters. The molecule has 1 unspecified atom stereocenters. The minimum atomic E-state index is -3.00. The van der Waals surface area contributed by atoms with Gasteiger partial charge in [0, 0.05) is 6.26 Å². The molecule has 0 aliphatic heterocycles. The summed E-state index contributed by atoms with van der Waals surface area (Å²) in [6.45, 7) is 0. The van der Waals surface area contributed by atoms with Crippen LogP contribution < -0.4 is 5.73 Å². The van der Waals surface area contributed by atoms with Crippen molar-refractivity contribution >= 4 is 9.84 Å². The maximum absolute atomic E-state index is 11.1. The first-order valence-electron chi connectivity index (χ1n) is 5.48. The van der Waals surface area contributed by atoms with Crippen molar-refractivity contribution < 1.29 is 12.8 Å². The molecule has 0 saturated carbocycles. The quantitative estimate of drug-likeness (QED) is 0.846. The zero-order chi connectivity index (χ0) is 13.2. The maximum atomic E-state index is 11.1. The summed E-state index contributed by atoms with van der Waals surface area (Å²) in [6.07, 6.45) is 4.72. The largest absolute Gasteiger partial charge is 0.463 e. The number of sulfone groups is 1. The number of aromatic nitrogens is 2. The fourth-order valence-electron chi connectivity index (χ4n) is 1.56. The number of nitrogens with two attached hydrogens (primary N) is 1. The summed E-state index contributed by atoms with van der Waals surface area (Å²) in [7, 11) is -3.00. The maximum Gasteiger partial charge on any atom is 0.151 e. The number of imidazole rings is 1. The smallest absolute Gasteiger partial charge is 0.151 e. The van der Waals surface area contributed by atoms with Gasteiger partial charge in [0.2, 0.25) is 0 Å². The van der Waals surface area contributed by atoms with E-state index in [1.165, 1.54) is 6.26 Å². The molecule has 0 aromatic carbocycles. The van der Waals surface area contributed by atoms with Crippen molar-refractivity contribution in [2.75, 3.05) is 12.0 Å². The summed E-state index contributed by atoms with van der Waals surface area (Å²) in [5.41, 5.74) is 6.61. The Balaban J connectivity index is 2.06. The molecule has 0 radical (unpaired) electrons. The molecular formula is C11H15N3O3S. The summed E-state index contributed by atoms with van der Waals surface area (Å²) in [4.78, 5) is 7.16. The second-order valence-corrected chi connectivity index (χ2v) is 6.44. The van der Waals surface area contributed by atoms with Gasteiger partial charge in [0.15, 0.2) is 5.76 Å². The average Bonchev–Trinajstić information content (AvgIpc) is 2.94. The molecular weight excluding hydrogens is 254 g/mol. The van der Waals surface area contributed by atoms with E-state index in [2.05, 4.69) is 9.97 Å². The Bertz CT molecular complexity index is 601. The molecule has 6 nitrogen and oxygen atoms in total. The third-order valence-electron chi connectivity index (χ3n) is 2.53. The first-order chi connectivity index (χ1) is 8.46. The van der Waals surface area contributed by atoms with E-state index >= 15 is 0 Å². The number of aromatic amines is 1. The molecule has 18 heavy (non-hydrogen) atoms. The van der Waals surface area contributed by atoms with Gasteiger partial charge in [-0.3, -0.25) is 0 Å². The molecule has 98 valence electrons. The number of nitrogens with one attached hydrogen (secondary N) is 1. The van der Waals surface area contributed by atoms with Crippen molar-refractivity contribution in [3.63, 3.8) is 0 Å². The summed E-state index contributed by atoms with van der Waals surface area (Å²) in [5, 5.41) is 0. The zero-order valence-electron chi connectivity index (χ0n) is 9.96. The Morgan fingerprint density at radius 2 is 2.33 bits per heavy atom. The van der Waals surface area contributed by atoms with Crippen LogP contribution in [-0.4, -0.2) is 30.4 Å². The number of H-pyrrole nitrogens is 1. The van der Waals surface area contributed by atoms with Crippen molar-refractivity contribution in [3.8, 4) is 11.5 Å². The Kier molecular flexibility index (Phi) is 3.53. The van der Waals surface area contributed by atoms with Gasteiger partial charge in [0.1, 0.15) is 21.4 Å². The molecule has 7 heteroatoms. The van der Waals surface area contributed by atoms with E-state index in [0.717, 1.165) is 5.69 Å². The van der Waals surface area contributed by atoms with E-state index in [4.69, 9.17) is 10.2 Å². The Morgan fingerprint density at radius 3 is 2.94 bits per heavy atom. The molecule has 2 aromatic rings. The van der Waals surface area contributed by atoms with Gasteiger partial charge in [-0.25, -0.2) is 13.4 Å². The highest BCUT2D eigenvalue weighted by Crippen LogP contribution is 2.20. The number of rotatable bonds is 5. The van der Waals surface area contributed by atoms with Crippen molar-refractivity contribution in [2.45, 2.75) is 12.5 Å². The fourth-order valence-corrected chi connectivity index (χ4v) is 2.24. The SMILES string of the molecule is CS(=O)(=O)CCC(N)c1ncc(-c2ccco2)[nH]1. The number of furan rings is 1. The van der Waals surface area contributed by atoms with Crippen LogP contribution in [0.15, 0.2) is 29.0 Å². The van der Waals surface area contributed by atoms with E-state index in [1.807, 2.05) is 0 Å². The first-order valence-corrected chi connectivity index (χ1v) is 7.54. The number of hydrogen-bond acceptors (Lipinski definition) is 5. The van der Waals surface area contributed by atoms with Crippen LogP contribution in [0.1, 0.15) is 18.3 Å². The van der Waals surface area contributed by atoms with Crippen LogP contribution in [-0.2, 0) is 9.84 Å². The molecule has 0 fully saturated rings. The monoisotopic (exact) mass is 269 g/mol. The van der Waals surface area contributed by atoms with Crippen LogP contribution >= 0.6 is 0 Å². The van der Waals surface area contributed by atoms with Crippen molar-refractivity contribution in [1.29, 1.82) is 0 Å². The molecule has 0 saturated heterocycles. The van der Waals surface area contributed by atoms with E-state index < -0.39 is 15.9 Å². The molecule has 0 aliphatic carbocycles. The predicted molar refractivity (Wildman–Crippen MR) is 67.5 cm³/mol. The van der Waals surface area contributed by atoms with Gasteiger partial charge in [-0.1, -0.05) is 0 Å². The third-order valence-corrected chi connectivity index (χ3v) is 3.51. The summed E-state index contributed by atoms with van der Waals surface area (Å²) < 4.78 is 27.3. The molecule has 2 aromatic heterocycles. The van der Waals surface area contributed by atoms with E-state index in [-0.39, 0.29) is 5.75 Å². The lowest BCUT2D eigenvalue weighted by Crippen LogP contribution is -2.16. The van der Waals surface area contributed by atoms with Crippen LogP contribution in [0.25, 0.3) is 11.5 Å². The lowest BCUT2D eigenvalue weighted by Gasteiger charge is -2.07. The molecule has 2 heterocycles. The summed E-state index contributed by atoms with van der Waals surface area (Å²) in [5.74, 6) is 1.28. The Morgan fingerprint density at radius 1 is 1.56 bits per heavy atom. The molecule has 0 amide bonds. The molecule has 0 spiro atoms. The van der Waals surface area contributed by atoms with Gasteiger partial charge in [0.25, 0.3) is 0 Å². The molecule has 2 rings (SSSR count). The number of hydrogen-bond donors (Lipinski definition) is 2. The van der Waals surface area contributed by atoms with Gasteiger partial charge < -0.3 is 15.1 Å². The van der Waals surface area contributed by atoms with Crippen LogP contribution in [0.5, 0.6) is 0 Å². The predicted octanol–water partition coefficient (Wildman–Crippen LogP) is 1.10. The van der Waals surface area contributed by atoms with Gasteiger partial charge in [-0.15, -0.1) is 0 Å². The van der Waals surface area contributed by atoms with E-state index in [9.17, 15) is 8.42 Å². The minimum Gasteiger partial charge on any atom is -0.463 e. The van der Waals surface area contributed by atoms with Gasteiger partial charge in [0.05, 0.1) is 24.3 Å². The van der Waals surface area contributed by atoms with Crippen LogP contribution in [0.2, 0.25) is 0 Å². The van der Waals surface area contributed by atoms with Crippen molar-refractivity contribution in [3.05, 3.63) is 30.4 Å². The van der Waals surface area contributed by atoms with Gasteiger partial charge in [-0.05, 0) is 18.6 Å². The minimum absolute atomic E-state index is 0.0466. The normalized spacial score (nSPS) is 13.7. The molecule has 0 bridgehead atoms. The standard InChI is InChI=1S/C11H15N3O3S/c1-18(15,16)6-4-8(12)11-13-7-9(14-11)10-3-2-5-17-10/h2-3,5,7-8H,4,6,12H2,1H3,(H,13,14). The first kappa shape index (κ1) is 12.8. The van der Waals surface area contributed by atoms with Crippen LogP contribution in [0, 0.1) is 0 Å². The third kappa shape index (κ3) is 3.21. The van der Waals surface area contributed by atoms with Gasteiger partial charge in [-0.2, -0.15) is 0 Å². The highest BCUT2D eigenvalue weighted by Gasteiger charge is 2.14. The lowest BCUT2D eigenvalue weighted by atomic mass is 10.2. The topological polar surface area (TPSA) is 102 Å². The zero-order valence-corrected chi connectivity index (χ0v) is 10.8. The van der Waals surface area contributed by atoms with Crippen molar-refractivity contribution in [2.24, 2.45) is 5.73 Å². The van der Waals surface area contributed by atoms with E-state index in [1.54, 1.807) is 24.6 Å². The van der Waals surface area contributed by atoms with Gasteiger partial charge >= 0.3 is 0 Å². The fraction of sp³-hybridized carbons (Fsp3) is 0.364. The molecule has 0 aliphatic rings. The summed E-state index contributed by atoms with van der Waals surface area (Å²) >= 11 is 0. The van der Waals surface area contributed by atoms with Crippen LogP contribution in [0.3, 0.4) is 0 Å². The molecule has 3 N–H and O–H groups in total. The second-order valence-electron chi connectivity index (χ2n) is 4.18. The highest BCUT2D eigenvalue weighted by molar-refractivity contribution is 7.90. The lowest BCUT2D eigenvalue weighted by molar-refractivity contribution is 0.578.